The highest BCUT2D eigenvalue weighted by atomic mass is 32.1. The minimum absolute atomic E-state index is 0.239. The first-order chi connectivity index (χ1) is 27.7. The van der Waals surface area contributed by atoms with Gasteiger partial charge in [-0.1, -0.05) is 97.1 Å². The number of ether oxygens (including phenoxy) is 2. The number of unbranched alkanes of at least 4 members (excludes halogenated alkanes) is 1. The first kappa shape index (κ1) is 34.0. The summed E-state index contributed by atoms with van der Waals surface area (Å²) in [5.74, 6) is 1.95. The molecule has 0 aliphatic carbocycles. The fourth-order valence-corrected chi connectivity index (χ4v) is 9.79. The Kier molecular flexibility index (Phi) is 8.70. The van der Waals surface area contributed by atoms with Crippen molar-refractivity contribution in [2.75, 3.05) is 13.2 Å². The molecule has 0 bridgehead atoms. The van der Waals surface area contributed by atoms with E-state index < -0.39 is 0 Å². The number of nitrogens with zero attached hydrogens (tertiary/aromatic N) is 2. The van der Waals surface area contributed by atoms with Crippen molar-refractivity contribution < 1.29 is 19.7 Å². The highest BCUT2D eigenvalue weighted by Crippen LogP contribution is 2.48. The van der Waals surface area contributed by atoms with Crippen LogP contribution in [0, 0.1) is 0 Å². The number of aromatic hydroxyl groups is 2. The number of para-hydroxylation sites is 6. The zero-order valence-corrected chi connectivity index (χ0v) is 31.9. The predicted molar refractivity (Wildman–Crippen MR) is 232 cm³/mol. The van der Waals surface area contributed by atoms with Crippen molar-refractivity contribution in [2.24, 2.45) is 0 Å². The molecule has 0 aliphatic heterocycles. The smallest absolute Gasteiger partial charge is 0.158 e. The Labute approximate surface area is 331 Å². The molecule has 0 atom stereocenters. The predicted octanol–water partition coefficient (Wildman–Crippen LogP) is 13.0. The normalized spacial score (nSPS) is 11.6. The van der Waals surface area contributed by atoms with E-state index in [-0.39, 0.29) is 11.5 Å². The molecule has 4 aromatic heterocycles. The second-order valence-corrected chi connectivity index (χ2v) is 15.5. The van der Waals surface area contributed by atoms with Gasteiger partial charge in [-0.15, -0.1) is 22.7 Å². The minimum Gasteiger partial charge on any atom is -0.504 e. The summed E-state index contributed by atoms with van der Waals surface area (Å²) in [5.41, 5.74) is 7.46. The van der Waals surface area contributed by atoms with Gasteiger partial charge in [-0.05, 0) is 61.4 Å². The summed E-state index contributed by atoms with van der Waals surface area (Å²) in [5, 5.41) is 32.1. The molecule has 6 nitrogen and oxygen atoms in total. The average Bonchev–Trinajstić information content (AvgIpc) is 3.99. The second-order valence-electron chi connectivity index (χ2n) is 13.7. The Bertz CT molecular complexity index is 2730. The number of hydrogen-bond donors (Lipinski definition) is 2. The van der Waals surface area contributed by atoms with Crippen LogP contribution in [0.15, 0.2) is 156 Å². The van der Waals surface area contributed by atoms with Gasteiger partial charge in [-0.25, -0.2) is 0 Å². The summed E-state index contributed by atoms with van der Waals surface area (Å²) in [6, 6.07) is 49.1. The third kappa shape index (κ3) is 5.68. The zero-order chi connectivity index (χ0) is 37.6. The highest BCUT2D eigenvalue weighted by Gasteiger charge is 2.22. The Morgan fingerprint density at radius 3 is 1.11 bits per heavy atom. The fraction of sp³-hybridized carbons (Fsp3) is 0.0833. The van der Waals surface area contributed by atoms with E-state index in [2.05, 4.69) is 81.9 Å². The maximum atomic E-state index is 11.7. The fourth-order valence-electron chi connectivity index (χ4n) is 7.88. The molecule has 6 aromatic carbocycles. The van der Waals surface area contributed by atoms with Gasteiger partial charge in [0.15, 0.2) is 11.5 Å². The Morgan fingerprint density at radius 1 is 0.411 bits per heavy atom. The standard InChI is InChI=1S/C48H36N2O4S2/c51-45-41(49-37-21-7-1-15-31(37)32-16-2-8-22-38(32)49)29-55-47(45)35-19-5-11-25-43(35)53-27-13-14-28-54-44-26-12-6-20-36(44)48-46(52)42(30-56-48)50-39-23-9-3-17-33(39)34-18-4-10-24-40(34)50/h1-12,15-26,29-30,51-52H,13-14,27-28H2. The summed E-state index contributed by atoms with van der Waals surface area (Å²) >= 11 is 3.03. The Hall–Kier alpha value is -6.48. The minimum atomic E-state index is 0.239. The lowest BCUT2D eigenvalue weighted by molar-refractivity contribution is 0.267. The highest BCUT2D eigenvalue weighted by molar-refractivity contribution is 7.14. The molecule has 0 saturated carbocycles. The number of fused-ring (bicyclic) bond motifs is 6. The molecule has 10 aromatic rings. The lowest BCUT2D eigenvalue weighted by atomic mass is 10.1. The average molecular weight is 769 g/mol. The Balaban J connectivity index is 0.830. The molecular weight excluding hydrogens is 733 g/mol. The summed E-state index contributed by atoms with van der Waals surface area (Å²) in [4.78, 5) is 1.55. The maximum absolute atomic E-state index is 11.7. The van der Waals surface area contributed by atoms with Gasteiger partial charge in [0.05, 0.1) is 56.4 Å². The number of thiophene rings is 2. The van der Waals surface area contributed by atoms with E-state index in [4.69, 9.17) is 9.47 Å². The molecular formula is C48H36N2O4S2. The van der Waals surface area contributed by atoms with Crippen LogP contribution in [0.3, 0.4) is 0 Å². The maximum Gasteiger partial charge on any atom is 0.158 e. The zero-order valence-electron chi connectivity index (χ0n) is 30.3. The molecule has 2 N–H and O–H groups in total. The largest absolute Gasteiger partial charge is 0.504 e. The van der Waals surface area contributed by atoms with Gasteiger partial charge in [-0.3, -0.25) is 0 Å². The van der Waals surface area contributed by atoms with Gasteiger partial charge < -0.3 is 28.8 Å². The van der Waals surface area contributed by atoms with Gasteiger partial charge >= 0.3 is 0 Å². The van der Waals surface area contributed by atoms with Gasteiger partial charge in [0, 0.05) is 43.4 Å². The van der Waals surface area contributed by atoms with Crippen molar-refractivity contribution in [2.45, 2.75) is 12.8 Å². The van der Waals surface area contributed by atoms with E-state index in [0.717, 1.165) is 100 Å². The van der Waals surface area contributed by atoms with Crippen LogP contribution in [0.1, 0.15) is 12.8 Å². The van der Waals surface area contributed by atoms with E-state index in [1.165, 1.54) is 22.7 Å². The van der Waals surface area contributed by atoms with Crippen LogP contribution in [0.5, 0.6) is 23.0 Å². The monoisotopic (exact) mass is 768 g/mol. The molecule has 56 heavy (non-hydrogen) atoms. The molecule has 0 spiro atoms. The number of rotatable bonds is 11. The summed E-state index contributed by atoms with van der Waals surface area (Å²) in [7, 11) is 0. The molecule has 8 heteroatoms. The van der Waals surface area contributed by atoms with Crippen molar-refractivity contribution in [3.8, 4) is 55.3 Å². The number of hydrogen-bond acceptors (Lipinski definition) is 6. The van der Waals surface area contributed by atoms with E-state index in [1.807, 2.05) is 83.6 Å². The molecule has 4 heterocycles. The molecule has 10 rings (SSSR count). The van der Waals surface area contributed by atoms with Crippen molar-refractivity contribution in [3.05, 3.63) is 156 Å². The molecule has 0 radical (unpaired) electrons. The van der Waals surface area contributed by atoms with Crippen molar-refractivity contribution in [1.82, 2.24) is 9.13 Å². The van der Waals surface area contributed by atoms with Crippen molar-refractivity contribution in [1.29, 1.82) is 0 Å². The molecule has 274 valence electrons. The van der Waals surface area contributed by atoms with E-state index in [9.17, 15) is 10.2 Å². The van der Waals surface area contributed by atoms with Gasteiger partial charge in [-0.2, -0.15) is 0 Å². The molecule has 0 aliphatic rings. The topological polar surface area (TPSA) is 68.8 Å². The van der Waals surface area contributed by atoms with E-state index in [0.29, 0.717) is 13.2 Å². The molecule has 0 saturated heterocycles. The van der Waals surface area contributed by atoms with Crippen LogP contribution in [-0.4, -0.2) is 32.6 Å². The van der Waals surface area contributed by atoms with Crippen LogP contribution in [0.25, 0.3) is 75.9 Å². The van der Waals surface area contributed by atoms with Gasteiger partial charge in [0.1, 0.15) is 11.5 Å². The van der Waals surface area contributed by atoms with Crippen LogP contribution < -0.4 is 9.47 Å². The molecule has 0 amide bonds. The number of aromatic nitrogens is 2. The lowest BCUT2D eigenvalue weighted by Crippen LogP contribution is -2.03. The number of benzene rings is 6. The summed E-state index contributed by atoms with van der Waals surface area (Å²) in [6.45, 7) is 1.00. The van der Waals surface area contributed by atoms with E-state index in [1.54, 1.807) is 0 Å². The van der Waals surface area contributed by atoms with Crippen LogP contribution in [-0.2, 0) is 0 Å². The first-order valence-corrected chi connectivity index (χ1v) is 20.5. The second kappa shape index (κ2) is 14.3. The first-order valence-electron chi connectivity index (χ1n) is 18.7. The van der Waals surface area contributed by atoms with Crippen molar-refractivity contribution in [3.63, 3.8) is 0 Å². The molecule has 0 unspecified atom stereocenters. The van der Waals surface area contributed by atoms with Crippen LogP contribution in [0.4, 0.5) is 0 Å². The third-order valence-corrected chi connectivity index (χ3v) is 12.4. The molecule has 0 fully saturated rings. The van der Waals surface area contributed by atoms with Crippen LogP contribution in [0.2, 0.25) is 0 Å². The SMILES string of the molecule is Oc1c(-n2c3ccccc3c3ccccc32)csc1-c1ccccc1OCCCCOc1ccccc1-c1scc(-n2c3ccccc3c3ccccc32)c1O. The van der Waals surface area contributed by atoms with E-state index >= 15 is 0 Å². The summed E-state index contributed by atoms with van der Waals surface area (Å²) in [6.07, 6.45) is 1.56. The van der Waals surface area contributed by atoms with Gasteiger partial charge in [0.25, 0.3) is 0 Å². The Morgan fingerprint density at radius 2 is 0.732 bits per heavy atom. The quantitative estimate of drug-likeness (QED) is 0.129. The third-order valence-electron chi connectivity index (χ3n) is 10.5. The van der Waals surface area contributed by atoms with Crippen LogP contribution >= 0.6 is 22.7 Å². The van der Waals surface area contributed by atoms with Gasteiger partial charge in [0.2, 0.25) is 0 Å². The van der Waals surface area contributed by atoms with Crippen molar-refractivity contribution >= 4 is 66.3 Å². The summed E-state index contributed by atoms with van der Waals surface area (Å²) < 4.78 is 17.0. The lowest BCUT2D eigenvalue weighted by Gasteiger charge is -2.13.